The smallest absolute Gasteiger partial charge is 0.251 e. The number of rotatable bonds is 8. The maximum atomic E-state index is 13.8. The minimum atomic E-state index is -0.735. The van der Waals surface area contributed by atoms with Gasteiger partial charge in [0.2, 0.25) is 5.91 Å². The third-order valence-electron chi connectivity index (χ3n) is 8.35. The lowest BCUT2D eigenvalue weighted by atomic mass is 9.80. The van der Waals surface area contributed by atoms with E-state index in [0.717, 1.165) is 38.4 Å². The number of carbonyl (C=O) groups excluding carboxylic acids is 3. The van der Waals surface area contributed by atoms with Crippen LogP contribution in [0.5, 0.6) is 0 Å². The molecule has 0 bridgehead atoms. The third-order valence-corrected chi connectivity index (χ3v) is 8.35. The van der Waals surface area contributed by atoms with Crippen LogP contribution in [0.2, 0.25) is 0 Å². The van der Waals surface area contributed by atoms with E-state index in [2.05, 4.69) is 22.0 Å². The van der Waals surface area contributed by atoms with E-state index in [1.54, 1.807) is 4.90 Å². The zero-order valence-corrected chi connectivity index (χ0v) is 22.5. The summed E-state index contributed by atoms with van der Waals surface area (Å²) in [5.41, 5.74) is 1.16. The monoisotopic (exact) mass is 498 g/mol. The van der Waals surface area contributed by atoms with Crippen LogP contribution in [0.25, 0.3) is 0 Å². The number of hydrogen-bond acceptors (Lipinski definition) is 6. The average Bonchev–Trinajstić information content (AvgIpc) is 3.43. The number of amides is 2. The first-order valence-corrected chi connectivity index (χ1v) is 13.5. The largest absolute Gasteiger partial charge is 0.369 e. The molecule has 0 aliphatic carbocycles. The molecule has 0 unspecified atom stereocenters. The predicted molar refractivity (Wildman–Crippen MR) is 140 cm³/mol. The lowest BCUT2D eigenvalue weighted by molar-refractivity contribution is -0.140. The molecular weight excluding hydrogens is 456 g/mol. The maximum absolute atomic E-state index is 13.8. The number of Topliss-reactive ketones (excluding diaryl/α,β-unsaturated/α-hetero) is 1. The Morgan fingerprint density at radius 2 is 1.78 bits per heavy atom. The molecule has 0 radical (unpaired) electrons. The summed E-state index contributed by atoms with van der Waals surface area (Å²) in [6.45, 7) is 15.9. The van der Waals surface area contributed by atoms with E-state index in [9.17, 15) is 14.4 Å². The van der Waals surface area contributed by atoms with Crippen molar-refractivity contribution < 1.29 is 19.1 Å². The van der Waals surface area contributed by atoms with Crippen LogP contribution in [0.4, 0.5) is 5.69 Å². The number of nitrogens with one attached hydrogen (secondary N) is 1. The Hall–Kier alpha value is -2.45. The minimum absolute atomic E-state index is 0.0526. The Labute approximate surface area is 215 Å². The van der Waals surface area contributed by atoms with Crippen molar-refractivity contribution in [3.8, 4) is 0 Å². The fourth-order valence-corrected chi connectivity index (χ4v) is 5.66. The van der Waals surface area contributed by atoms with Crippen LogP contribution in [0.15, 0.2) is 24.3 Å². The Kier molecular flexibility index (Phi) is 8.05. The Morgan fingerprint density at radius 3 is 2.39 bits per heavy atom. The van der Waals surface area contributed by atoms with Crippen molar-refractivity contribution in [1.82, 2.24) is 15.1 Å². The molecule has 1 N–H and O–H groups in total. The zero-order valence-electron chi connectivity index (χ0n) is 22.5. The normalized spacial score (nSPS) is 25.7. The molecule has 3 saturated heterocycles. The molecule has 0 aromatic heterocycles. The number of benzene rings is 1. The Morgan fingerprint density at radius 1 is 1.11 bits per heavy atom. The maximum Gasteiger partial charge on any atom is 0.251 e. The SMILES string of the molecule is CCCN1CCN(c2ccc(C(=O)N[C@H](C(=O)N3C[C@H](C)[C@H]4OCC(=O)[C@H]43)C(C)(C)CC)cc2)CC1. The topological polar surface area (TPSA) is 82.2 Å². The van der Waals surface area contributed by atoms with Gasteiger partial charge in [0.25, 0.3) is 5.91 Å². The molecule has 8 nitrogen and oxygen atoms in total. The number of ketones is 1. The van der Waals surface area contributed by atoms with E-state index < -0.39 is 17.5 Å². The standard InChI is InChI=1S/C28H42N4O4/c1-6-12-30-13-15-31(16-14-30)21-10-8-20(9-11-21)26(34)29-25(28(4,5)7-2)27(35)32-17-19(3)24-23(32)22(33)18-36-24/h8-11,19,23-25H,6-7,12-18H2,1-5H3,(H,29,34)/t19-,23+,24+,25+/m0/s1. The first kappa shape index (κ1) is 26.6. The quantitative estimate of drug-likeness (QED) is 0.593. The third kappa shape index (κ3) is 5.30. The molecule has 198 valence electrons. The number of hydrogen-bond donors (Lipinski definition) is 1. The number of anilines is 1. The van der Waals surface area contributed by atoms with Gasteiger partial charge in [0.15, 0.2) is 5.78 Å². The van der Waals surface area contributed by atoms with Gasteiger partial charge in [0, 0.05) is 49.9 Å². The molecule has 0 spiro atoms. The van der Waals surface area contributed by atoms with Crippen LogP contribution in [-0.2, 0) is 14.3 Å². The number of piperazine rings is 1. The Balaban J connectivity index is 1.45. The van der Waals surface area contributed by atoms with Gasteiger partial charge in [-0.1, -0.05) is 34.6 Å². The highest BCUT2D eigenvalue weighted by Crippen LogP contribution is 2.35. The van der Waals surface area contributed by atoms with E-state index in [1.165, 1.54) is 6.42 Å². The molecule has 1 aromatic rings. The highest BCUT2D eigenvalue weighted by atomic mass is 16.5. The first-order valence-electron chi connectivity index (χ1n) is 13.5. The summed E-state index contributed by atoms with van der Waals surface area (Å²) in [6, 6.07) is 6.39. The molecule has 0 saturated carbocycles. The molecule has 2 amide bonds. The Bertz CT molecular complexity index is 955. The van der Waals surface area contributed by atoms with Crippen LogP contribution in [0.3, 0.4) is 0 Å². The second-order valence-electron chi connectivity index (χ2n) is 11.3. The fraction of sp³-hybridized carbons (Fsp3) is 0.679. The van der Waals surface area contributed by atoms with Gasteiger partial charge in [0.05, 0.1) is 6.10 Å². The molecule has 36 heavy (non-hydrogen) atoms. The molecule has 4 atom stereocenters. The van der Waals surface area contributed by atoms with Gasteiger partial charge in [0.1, 0.15) is 18.7 Å². The number of fused-ring (bicyclic) bond motifs is 1. The summed E-state index contributed by atoms with van der Waals surface area (Å²) in [6.07, 6.45) is 1.62. The van der Waals surface area contributed by atoms with Crippen molar-refractivity contribution >= 4 is 23.3 Å². The summed E-state index contributed by atoms with van der Waals surface area (Å²) in [5, 5.41) is 3.03. The van der Waals surface area contributed by atoms with Crippen LogP contribution < -0.4 is 10.2 Å². The number of carbonyl (C=O) groups is 3. The first-order chi connectivity index (χ1) is 17.2. The summed E-state index contributed by atoms with van der Waals surface area (Å²) >= 11 is 0. The fourth-order valence-electron chi connectivity index (χ4n) is 5.66. The highest BCUT2D eigenvalue weighted by molar-refractivity contribution is 5.99. The van der Waals surface area contributed by atoms with Crippen molar-refractivity contribution in [1.29, 1.82) is 0 Å². The van der Waals surface area contributed by atoms with E-state index in [-0.39, 0.29) is 36.2 Å². The van der Waals surface area contributed by atoms with Crippen LogP contribution >= 0.6 is 0 Å². The predicted octanol–water partition coefficient (Wildman–Crippen LogP) is 2.57. The molecule has 3 fully saturated rings. The van der Waals surface area contributed by atoms with E-state index >= 15 is 0 Å². The molecule has 1 aromatic carbocycles. The number of nitrogens with zero attached hydrogens (tertiary/aromatic N) is 3. The summed E-state index contributed by atoms with van der Waals surface area (Å²) in [4.78, 5) is 46.1. The van der Waals surface area contributed by atoms with Crippen molar-refractivity contribution in [3.05, 3.63) is 29.8 Å². The second-order valence-corrected chi connectivity index (χ2v) is 11.3. The second kappa shape index (κ2) is 10.9. The van der Waals surface area contributed by atoms with Crippen molar-refractivity contribution in [3.63, 3.8) is 0 Å². The summed E-state index contributed by atoms with van der Waals surface area (Å²) < 4.78 is 5.67. The zero-order chi connectivity index (χ0) is 26.0. The average molecular weight is 499 g/mol. The van der Waals surface area contributed by atoms with Crippen LogP contribution in [-0.4, -0.2) is 91.5 Å². The van der Waals surface area contributed by atoms with Gasteiger partial charge in [-0.2, -0.15) is 0 Å². The molecule has 3 heterocycles. The lowest BCUT2D eigenvalue weighted by Crippen LogP contribution is -2.57. The highest BCUT2D eigenvalue weighted by Gasteiger charge is 2.52. The van der Waals surface area contributed by atoms with Gasteiger partial charge in [-0.05, 0) is 49.1 Å². The summed E-state index contributed by atoms with van der Waals surface area (Å²) in [7, 11) is 0. The van der Waals surface area contributed by atoms with Crippen molar-refractivity contribution in [2.45, 2.75) is 65.6 Å². The number of ether oxygens (including phenoxy) is 1. The molecule has 4 rings (SSSR count). The summed E-state index contributed by atoms with van der Waals surface area (Å²) in [5.74, 6) is -0.437. The minimum Gasteiger partial charge on any atom is -0.369 e. The molecule has 3 aliphatic heterocycles. The van der Waals surface area contributed by atoms with E-state index in [1.807, 2.05) is 52.0 Å². The van der Waals surface area contributed by atoms with Gasteiger partial charge in [-0.25, -0.2) is 0 Å². The van der Waals surface area contributed by atoms with Gasteiger partial charge < -0.3 is 19.9 Å². The van der Waals surface area contributed by atoms with Crippen LogP contribution in [0, 0.1) is 11.3 Å². The van der Waals surface area contributed by atoms with Crippen molar-refractivity contribution in [2.24, 2.45) is 11.3 Å². The van der Waals surface area contributed by atoms with Crippen molar-refractivity contribution in [2.75, 3.05) is 50.8 Å². The van der Waals surface area contributed by atoms with E-state index in [4.69, 9.17) is 4.74 Å². The van der Waals surface area contributed by atoms with Crippen LogP contribution in [0.1, 0.15) is 57.8 Å². The lowest BCUT2D eigenvalue weighted by Gasteiger charge is -2.37. The van der Waals surface area contributed by atoms with Gasteiger partial charge in [-0.3, -0.25) is 19.3 Å². The van der Waals surface area contributed by atoms with Gasteiger partial charge in [-0.15, -0.1) is 0 Å². The molecule has 3 aliphatic rings. The van der Waals surface area contributed by atoms with Gasteiger partial charge >= 0.3 is 0 Å². The van der Waals surface area contributed by atoms with E-state index in [0.29, 0.717) is 18.5 Å². The molecule has 8 heteroatoms. The molecular formula is C28H42N4O4. The number of likely N-dealkylation sites (tertiary alicyclic amines) is 1.